The number of nitrogens with zero attached hydrogens (tertiary/aromatic N) is 3. The molecule has 0 saturated heterocycles. The number of dihydropyridines is 1. The number of hydrogen-bond acceptors (Lipinski definition) is 6. The summed E-state index contributed by atoms with van der Waals surface area (Å²) in [5.74, 6) is -1.79. The maximum atomic E-state index is 14.2. The Balaban J connectivity index is 1.59. The molecule has 35 heavy (non-hydrogen) atoms. The minimum atomic E-state index is -4.74. The number of hydrogen-bond donors (Lipinski definition) is 2. The predicted molar refractivity (Wildman–Crippen MR) is 120 cm³/mol. The summed E-state index contributed by atoms with van der Waals surface area (Å²) in [4.78, 5) is 19.2. The molecule has 1 aliphatic rings. The van der Waals surface area contributed by atoms with Gasteiger partial charge in [-0.2, -0.15) is 18.2 Å². The monoisotopic (exact) mass is 488 g/mol. The van der Waals surface area contributed by atoms with Crippen molar-refractivity contribution in [3.63, 3.8) is 0 Å². The minimum Gasteiger partial charge on any atom is -0.481 e. The molecule has 0 aliphatic carbocycles. The van der Waals surface area contributed by atoms with Crippen molar-refractivity contribution in [3.8, 4) is 22.6 Å². The molecule has 11 heteroatoms. The fourth-order valence-electron chi connectivity index (χ4n) is 3.70. The molecule has 2 heterocycles. The smallest absolute Gasteiger partial charge is 0.417 e. The molecule has 2 aromatic carbocycles. The molecule has 4 rings (SSSR count). The zero-order valence-electron chi connectivity index (χ0n) is 18.4. The van der Waals surface area contributed by atoms with Gasteiger partial charge in [-0.05, 0) is 23.8 Å². The van der Waals surface area contributed by atoms with Gasteiger partial charge in [-0.25, -0.2) is 4.39 Å². The number of alkyl halides is 3. The number of carboxylic acid groups (broad SMARTS) is 1. The summed E-state index contributed by atoms with van der Waals surface area (Å²) < 4.78 is 60.8. The lowest BCUT2D eigenvalue weighted by atomic mass is 9.96. The number of aliphatic imine (C=N–C) groups is 1. The SMILES string of the molecule is CC1C=C(c2noc(-c3ccc(-c4ccccc4F)c(C(F)(F)F)c3)n2)C=NC1NCCC(=O)O. The van der Waals surface area contributed by atoms with Crippen LogP contribution in [-0.4, -0.2) is 40.1 Å². The Kier molecular flexibility index (Phi) is 6.79. The molecule has 3 aromatic rings. The highest BCUT2D eigenvalue weighted by molar-refractivity contribution is 6.09. The highest BCUT2D eigenvalue weighted by Gasteiger charge is 2.35. The molecule has 0 radical (unpaired) electrons. The van der Waals surface area contributed by atoms with Crippen molar-refractivity contribution in [1.29, 1.82) is 0 Å². The van der Waals surface area contributed by atoms with E-state index in [1.807, 2.05) is 13.0 Å². The molecule has 0 spiro atoms. The second-order valence-corrected chi connectivity index (χ2v) is 7.96. The number of rotatable bonds is 7. The second kappa shape index (κ2) is 9.79. The standard InChI is InChI=1S/C24H20F4N4O3/c1-13-10-15(12-30-21(13)29-9-8-20(33)34)22-31-23(35-32-22)14-6-7-16(18(11-14)24(26,27)28)17-4-2-3-5-19(17)25/h2-7,10-13,21,29H,8-9H2,1H3,(H,33,34). The normalized spacial score (nSPS) is 17.9. The molecular formula is C24H20F4N4O3. The first-order chi connectivity index (χ1) is 16.6. The Morgan fingerprint density at radius 1 is 1.17 bits per heavy atom. The second-order valence-electron chi connectivity index (χ2n) is 7.96. The molecule has 0 saturated carbocycles. The molecule has 1 aliphatic heterocycles. The van der Waals surface area contributed by atoms with Gasteiger partial charge < -0.3 is 9.63 Å². The van der Waals surface area contributed by atoms with E-state index >= 15 is 0 Å². The quantitative estimate of drug-likeness (QED) is 0.451. The molecule has 0 amide bonds. The first kappa shape index (κ1) is 24.3. The van der Waals surface area contributed by atoms with E-state index in [-0.39, 0.29) is 53.5 Å². The van der Waals surface area contributed by atoms with E-state index in [4.69, 9.17) is 9.63 Å². The first-order valence-corrected chi connectivity index (χ1v) is 10.6. The maximum Gasteiger partial charge on any atom is 0.417 e. The van der Waals surface area contributed by atoms with Crippen LogP contribution in [0, 0.1) is 11.7 Å². The average Bonchev–Trinajstić information content (AvgIpc) is 3.30. The molecule has 182 valence electrons. The number of carboxylic acids is 1. The minimum absolute atomic E-state index is 0.0331. The molecule has 1 aromatic heterocycles. The van der Waals surface area contributed by atoms with Gasteiger partial charge in [0.1, 0.15) is 12.0 Å². The van der Waals surface area contributed by atoms with E-state index in [2.05, 4.69) is 20.4 Å². The summed E-state index contributed by atoms with van der Waals surface area (Å²) in [6, 6.07) is 8.64. The molecule has 2 atom stereocenters. The molecule has 0 bridgehead atoms. The van der Waals surface area contributed by atoms with Crippen LogP contribution in [0.5, 0.6) is 0 Å². The molecule has 0 fully saturated rings. The fraction of sp³-hybridized carbons (Fsp3) is 0.250. The van der Waals surface area contributed by atoms with Crippen molar-refractivity contribution >= 4 is 17.8 Å². The lowest BCUT2D eigenvalue weighted by molar-refractivity contribution is -0.137. The number of aromatic nitrogens is 2. The van der Waals surface area contributed by atoms with Gasteiger partial charge in [-0.15, -0.1) is 0 Å². The van der Waals surface area contributed by atoms with Crippen molar-refractivity contribution in [2.75, 3.05) is 6.54 Å². The molecule has 2 unspecified atom stereocenters. The van der Waals surface area contributed by atoms with E-state index in [0.717, 1.165) is 12.1 Å². The Hall–Kier alpha value is -3.86. The number of benzene rings is 2. The molecular weight excluding hydrogens is 468 g/mol. The third kappa shape index (κ3) is 5.46. The van der Waals surface area contributed by atoms with Gasteiger partial charge >= 0.3 is 12.1 Å². The number of halogens is 4. The highest BCUT2D eigenvalue weighted by atomic mass is 19.4. The van der Waals surface area contributed by atoms with Gasteiger partial charge in [0.15, 0.2) is 0 Å². The van der Waals surface area contributed by atoms with Crippen LogP contribution in [0.2, 0.25) is 0 Å². The third-order valence-corrected chi connectivity index (χ3v) is 5.43. The Bertz CT molecular complexity index is 1300. The van der Waals surface area contributed by atoms with Crippen LogP contribution in [0.4, 0.5) is 17.6 Å². The van der Waals surface area contributed by atoms with E-state index in [0.29, 0.717) is 5.57 Å². The summed E-state index contributed by atoms with van der Waals surface area (Å²) in [6.07, 6.45) is -1.81. The van der Waals surface area contributed by atoms with Crippen molar-refractivity contribution in [1.82, 2.24) is 15.5 Å². The van der Waals surface area contributed by atoms with E-state index in [9.17, 15) is 22.4 Å². The van der Waals surface area contributed by atoms with Crippen molar-refractivity contribution in [2.24, 2.45) is 10.9 Å². The fourth-order valence-corrected chi connectivity index (χ4v) is 3.70. The van der Waals surface area contributed by atoms with Gasteiger partial charge in [0.05, 0.1) is 12.0 Å². The van der Waals surface area contributed by atoms with Crippen LogP contribution in [0.1, 0.15) is 24.7 Å². The van der Waals surface area contributed by atoms with Crippen LogP contribution in [0.15, 0.2) is 58.1 Å². The summed E-state index contributed by atoms with van der Waals surface area (Å²) in [7, 11) is 0. The van der Waals surface area contributed by atoms with Crippen LogP contribution in [0.25, 0.3) is 28.2 Å². The Morgan fingerprint density at radius 2 is 1.94 bits per heavy atom. The lowest BCUT2D eigenvalue weighted by Crippen LogP contribution is -2.35. The van der Waals surface area contributed by atoms with E-state index in [1.54, 1.807) is 0 Å². The largest absolute Gasteiger partial charge is 0.481 e. The summed E-state index contributed by atoms with van der Waals surface area (Å²) in [6.45, 7) is 2.12. The van der Waals surface area contributed by atoms with E-state index in [1.165, 1.54) is 36.5 Å². The summed E-state index contributed by atoms with van der Waals surface area (Å²) in [5, 5.41) is 15.6. The number of nitrogens with one attached hydrogen (secondary N) is 1. The van der Waals surface area contributed by atoms with E-state index < -0.39 is 23.5 Å². The van der Waals surface area contributed by atoms with Crippen LogP contribution < -0.4 is 5.32 Å². The lowest BCUT2D eigenvalue weighted by Gasteiger charge is -2.22. The zero-order valence-corrected chi connectivity index (χ0v) is 18.4. The van der Waals surface area contributed by atoms with Crippen LogP contribution in [0.3, 0.4) is 0 Å². The van der Waals surface area contributed by atoms with Crippen molar-refractivity contribution in [3.05, 3.63) is 65.7 Å². The Labute approximate surface area is 197 Å². The maximum absolute atomic E-state index is 14.2. The molecule has 2 N–H and O–H groups in total. The van der Waals surface area contributed by atoms with Crippen LogP contribution in [-0.2, 0) is 11.0 Å². The predicted octanol–water partition coefficient (Wildman–Crippen LogP) is 5.06. The van der Waals surface area contributed by atoms with Gasteiger partial charge in [0, 0.05) is 35.4 Å². The van der Waals surface area contributed by atoms with Gasteiger partial charge in [0.25, 0.3) is 5.89 Å². The third-order valence-electron chi connectivity index (χ3n) is 5.43. The van der Waals surface area contributed by atoms with Gasteiger partial charge in [0.2, 0.25) is 5.82 Å². The molecule has 7 nitrogen and oxygen atoms in total. The summed E-state index contributed by atoms with van der Waals surface area (Å²) >= 11 is 0. The Morgan fingerprint density at radius 3 is 2.63 bits per heavy atom. The van der Waals surface area contributed by atoms with Crippen LogP contribution >= 0.6 is 0 Å². The zero-order chi connectivity index (χ0) is 25.2. The van der Waals surface area contributed by atoms with Gasteiger partial charge in [-0.1, -0.05) is 42.4 Å². The number of allylic oxidation sites excluding steroid dienone is 1. The number of carbonyl (C=O) groups is 1. The first-order valence-electron chi connectivity index (χ1n) is 10.6. The van der Waals surface area contributed by atoms with Crippen molar-refractivity contribution < 1.29 is 32.0 Å². The topological polar surface area (TPSA) is 101 Å². The summed E-state index contributed by atoms with van der Waals surface area (Å²) in [5.41, 5.74) is -0.936. The highest BCUT2D eigenvalue weighted by Crippen LogP contribution is 2.40. The van der Waals surface area contributed by atoms with Gasteiger partial charge in [-0.3, -0.25) is 15.1 Å². The average molecular weight is 488 g/mol. The van der Waals surface area contributed by atoms with Crippen molar-refractivity contribution in [2.45, 2.75) is 25.7 Å². The number of aliphatic carboxylic acids is 1.